The largest absolute Gasteiger partial charge is 0.476 e. The zero-order chi connectivity index (χ0) is 10.1. The summed E-state index contributed by atoms with van der Waals surface area (Å²) in [6.45, 7) is 1.77. The summed E-state index contributed by atoms with van der Waals surface area (Å²) in [6.07, 6.45) is 3.06. The van der Waals surface area contributed by atoms with E-state index in [1.807, 2.05) is 0 Å². The third-order valence-electron chi connectivity index (χ3n) is 1.70. The molecule has 0 fully saturated rings. The van der Waals surface area contributed by atoms with E-state index in [1.165, 1.54) is 6.20 Å². The Morgan fingerprint density at radius 1 is 1.57 bits per heavy atom. The Morgan fingerprint density at radius 3 is 2.86 bits per heavy atom. The van der Waals surface area contributed by atoms with E-state index in [4.69, 9.17) is 9.63 Å². The van der Waals surface area contributed by atoms with Crippen LogP contribution in [0.1, 0.15) is 15.6 Å². The standard InChI is InChI=1S/C8H6N2O3S/c1-4-5(2-10-13-4)6-3-9-7(14-6)8(11)12/h2-3H,1H3,(H,11,12). The van der Waals surface area contributed by atoms with Gasteiger partial charge in [0, 0.05) is 6.20 Å². The Morgan fingerprint density at radius 2 is 2.36 bits per heavy atom. The van der Waals surface area contributed by atoms with Crippen LogP contribution in [0.25, 0.3) is 10.4 Å². The second-order valence-corrected chi connectivity index (χ2v) is 3.66. The van der Waals surface area contributed by atoms with E-state index in [2.05, 4.69) is 10.1 Å². The lowest BCUT2D eigenvalue weighted by molar-refractivity contribution is 0.0696. The number of carboxylic acid groups (broad SMARTS) is 1. The molecule has 2 aromatic heterocycles. The summed E-state index contributed by atoms with van der Waals surface area (Å²) in [7, 11) is 0. The predicted molar refractivity (Wildman–Crippen MR) is 49.3 cm³/mol. The van der Waals surface area contributed by atoms with E-state index in [1.54, 1.807) is 13.1 Å². The third-order valence-corrected chi connectivity index (χ3v) is 2.72. The summed E-state index contributed by atoms with van der Waals surface area (Å²) in [6, 6.07) is 0. The summed E-state index contributed by atoms with van der Waals surface area (Å²) in [5.41, 5.74) is 0.787. The number of aryl methyl sites for hydroxylation is 1. The van der Waals surface area contributed by atoms with Gasteiger partial charge in [0.15, 0.2) is 0 Å². The number of aromatic nitrogens is 2. The monoisotopic (exact) mass is 210 g/mol. The number of rotatable bonds is 2. The maximum Gasteiger partial charge on any atom is 0.365 e. The minimum Gasteiger partial charge on any atom is -0.476 e. The van der Waals surface area contributed by atoms with Crippen molar-refractivity contribution in [1.82, 2.24) is 10.1 Å². The van der Waals surface area contributed by atoms with Crippen molar-refractivity contribution in [3.8, 4) is 10.4 Å². The van der Waals surface area contributed by atoms with Crippen molar-refractivity contribution in [3.63, 3.8) is 0 Å². The van der Waals surface area contributed by atoms with Crippen molar-refractivity contribution in [2.75, 3.05) is 0 Å². The molecule has 0 saturated heterocycles. The molecule has 0 spiro atoms. The summed E-state index contributed by atoms with van der Waals surface area (Å²) in [5, 5.41) is 12.4. The van der Waals surface area contributed by atoms with Crippen LogP contribution in [0.3, 0.4) is 0 Å². The third kappa shape index (κ3) is 1.39. The Balaban J connectivity index is 2.43. The van der Waals surface area contributed by atoms with Gasteiger partial charge in [0.05, 0.1) is 16.6 Å². The molecular weight excluding hydrogens is 204 g/mol. The highest BCUT2D eigenvalue weighted by molar-refractivity contribution is 7.16. The smallest absolute Gasteiger partial charge is 0.365 e. The highest BCUT2D eigenvalue weighted by Gasteiger charge is 2.13. The molecule has 1 N–H and O–H groups in total. The first-order chi connectivity index (χ1) is 6.68. The van der Waals surface area contributed by atoms with Crippen molar-refractivity contribution >= 4 is 17.3 Å². The van der Waals surface area contributed by atoms with Crippen LogP contribution in [0.2, 0.25) is 0 Å². The highest BCUT2D eigenvalue weighted by atomic mass is 32.1. The molecule has 6 heteroatoms. The van der Waals surface area contributed by atoms with Crippen LogP contribution in [0.5, 0.6) is 0 Å². The van der Waals surface area contributed by atoms with E-state index in [0.717, 1.165) is 21.8 Å². The number of hydrogen-bond acceptors (Lipinski definition) is 5. The lowest BCUT2D eigenvalue weighted by Crippen LogP contribution is -1.92. The number of thiazole rings is 1. The fourth-order valence-electron chi connectivity index (χ4n) is 1.03. The molecule has 0 aliphatic rings. The molecule has 2 aromatic rings. The topological polar surface area (TPSA) is 76.2 Å². The first-order valence-corrected chi connectivity index (χ1v) is 4.61. The quantitative estimate of drug-likeness (QED) is 0.817. The van der Waals surface area contributed by atoms with Crippen LogP contribution in [-0.4, -0.2) is 21.2 Å². The molecule has 0 saturated carbocycles. The van der Waals surface area contributed by atoms with Gasteiger partial charge in [-0.1, -0.05) is 5.16 Å². The number of aromatic carboxylic acids is 1. The molecule has 72 valence electrons. The molecule has 0 radical (unpaired) electrons. The number of nitrogens with zero attached hydrogens (tertiary/aromatic N) is 2. The zero-order valence-electron chi connectivity index (χ0n) is 7.22. The fourth-order valence-corrected chi connectivity index (χ4v) is 1.85. The molecule has 2 heterocycles. The van der Waals surface area contributed by atoms with Gasteiger partial charge in [0.1, 0.15) is 5.76 Å². The van der Waals surface area contributed by atoms with Gasteiger partial charge < -0.3 is 9.63 Å². The van der Waals surface area contributed by atoms with Gasteiger partial charge in [-0.25, -0.2) is 9.78 Å². The minimum absolute atomic E-state index is 0.0700. The minimum atomic E-state index is -1.02. The first kappa shape index (κ1) is 8.89. The maximum atomic E-state index is 10.6. The zero-order valence-corrected chi connectivity index (χ0v) is 8.04. The second kappa shape index (κ2) is 3.22. The molecule has 0 atom stereocenters. The van der Waals surface area contributed by atoms with Crippen molar-refractivity contribution in [3.05, 3.63) is 23.2 Å². The van der Waals surface area contributed by atoms with Gasteiger partial charge in [-0.05, 0) is 6.92 Å². The fraction of sp³-hybridized carbons (Fsp3) is 0.125. The first-order valence-electron chi connectivity index (χ1n) is 3.79. The Kier molecular flexibility index (Phi) is 2.05. The molecule has 0 aliphatic carbocycles. The summed E-state index contributed by atoms with van der Waals surface area (Å²) in [4.78, 5) is 15.1. The summed E-state index contributed by atoms with van der Waals surface area (Å²) >= 11 is 1.10. The van der Waals surface area contributed by atoms with Crippen molar-refractivity contribution < 1.29 is 14.4 Å². The van der Waals surface area contributed by atoms with Gasteiger partial charge in [0.25, 0.3) is 0 Å². The van der Waals surface area contributed by atoms with Crippen molar-refractivity contribution in [2.24, 2.45) is 0 Å². The average molecular weight is 210 g/mol. The molecule has 2 rings (SSSR count). The molecule has 14 heavy (non-hydrogen) atoms. The lowest BCUT2D eigenvalue weighted by Gasteiger charge is -1.87. The Labute approximate surface area is 83.0 Å². The molecule has 0 amide bonds. The number of carboxylic acids is 1. The number of carbonyl (C=O) groups is 1. The van der Waals surface area contributed by atoms with Crippen molar-refractivity contribution in [2.45, 2.75) is 6.92 Å². The van der Waals surface area contributed by atoms with Gasteiger partial charge in [-0.2, -0.15) is 0 Å². The van der Waals surface area contributed by atoms with E-state index in [0.29, 0.717) is 5.76 Å². The Hall–Kier alpha value is -1.69. The van der Waals surface area contributed by atoms with Crippen LogP contribution in [0.4, 0.5) is 0 Å². The highest BCUT2D eigenvalue weighted by Crippen LogP contribution is 2.28. The van der Waals surface area contributed by atoms with E-state index < -0.39 is 5.97 Å². The SMILES string of the molecule is Cc1oncc1-c1cnc(C(=O)O)s1. The summed E-state index contributed by atoms with van der Waals surface area (Å²) < 4.78 is 4.87. The lowest BCUT2D eigenvalue weighted by atomic mass is 10.2. The van der Waals surface area contributed by atoms with Gasteiger partial charge in [-0.15, -0.1) is 11.3 Å². The Bertz CT molecular complexity index is 474. The molecule has 0 bridgehead atoms. The van der Waals surface area contributed by atoms with E-state index in [9.17, 15) is 4.79 Å². The van der Waals surface area contributed by atoms with E-state index >= 15 is 0 Å². The predicted octanol–water partition coefficient (Wildman–Crippen LogP) is 1.80. The molecule has 0 aromatic carbocycles. The van der Waals surface area contributed by atoms with Crippen LogP contribution >= 0.6 is 11.3 Å². The van der Waals surface area contributed by atoms with E-state index in [-0.39, 0.29) is 5.01 Å². The summed E-state index contributed by atoms with van der Waals surface area (Å²) in [5.74, 6) is -0.360. The second-order valence-electron chi connectivity index (χ2n) is 2.63. The maximum absolute atomic E-state index is 10.6. The molecular formula is C8H6N2O3S. The normalized spacial score (nSPS) is 10.4. The molecule has 0 unspecified atom stereocenters. The van der Waals surface area contributed by atoms with Gasteiger partial charge >= 0.3 is 5.97 Å². The van der Waals surface area contributed by atoms with Crippen LogP contribution in [0, 0.1) is 6.92 Å². The van der Waals surface area contributed by atoms with Gasteiger partial charge in [0.2, 0.25) is 5.01 Å². The van der Waals surface area contributed by atoms with Crippen LogP contribution in [-0.2, 0) is 0 Å². The molecule has 0 aliphatic heterocycles. The van der Waals surface area contributed by atoms with Crippen LogP contribution in [0.15, 0.2) is 16.9 Å². The average Bonchev–Trinajstić information content (AvgIpc) is 2.71. The van der Waals surface area contributed by atoms with Crippen LogP contribution < -0.4 is 0 Å². The molecule has 5 nitrogen and oxygen atoms in total. The van der Waals surface area contributed by atoms with Gasteiger partial charge in [-0.3, -0.25) is 0 Å². The number of hydrogen-bond donors (Lipinski definition) is 1. The van der Waals surface area contributed by atoms with Crippen molar-refractivity contribution in [1.29, 1.82) is 0 Å².